The number of ether oxygens (including phenoxy) is 1. The number of carbonyl (C=O) groups is 1. The van der Waals surface area contributed by atoms with Crippen molar-refractivity contribution in [2.24, 2.45) is 0 Å². The molecule has 1 unspecified atom stereocenters. The van der Waals surface area contributed by atoms with Gasteiger partial charge in [0.1, 0.15) is 0 Å². The number of thiophene rings is 1. The Morgan fingerprint density at radius 1 is 1.50 bits per heavy atom. The van der Waals surface area contributed by atoms with Crippen LogP contribution >= 0.6 is 22.7 Å². The molecule has 2 aromatic rings. The average molecular weight is 310 g/mol. The van der Waals surface area contributed by atoms with E-state index in [1.165, 1.54) is 4.88 Å². The third kappa shape index (κ3) is 4.31. The van der Waals surface area contributed by atoms with Crippen LogP contribution in [0.4, 0.5) is 5.13 Å². The van der Waals surface area contributed by atoms with Crippen LogP contribution in [-0.2, 0) is 16.0 Å². The second-order valence-corrected chi connectivity index (χ2v) is 6.17. The van der Waals surface area contributed by atoms with E-state index >= 15 is 0 Å². The van der Waals surface area contributed by atoms with E-state index in [9.17, 15) is 4.79 Å². The van der Waals surface area contributed by atoms with Crippen LogP contribution in [0.5, 0.6) is 0 Å². The van der Waals surface area contributed by atoms with Gasteiger partial charge in [0.25, 0.3) is 0 Å². The minimum absolute atomic E-state index is 0.165. The van der Waals surface area contributed by atoms with E-state index < -0.39 is 0 Å². The lowest BCUT2D eigenvalue weighted by molar-refractivity contribution is -0.143. The number of rotatable bonds is 7. The fourth-order valence-electron chi connectivity index (χ4n) is 1.75. The lowest BCUT2D eigenvalue weighted by Crippen LogP contribution is -2.06. The maximum Gasteiger partial charge on any atom is 0.306 e. The number of nitrogens with zero attached hydrogens (tertiary/aromatic N) is 1. The van der Waals surface area contributed by atoms with E-state index in [1.54, 1.807) is 22.7 Å². The predicted molar refractivity (Wildman–Crippen MR) is 83.4 cm³/mol. The van der Waals surface area contributed by atoms with Gasteiger partial charge in [-0.05, 0) is 25.3 Å². The van der Waals surface area contributed by atoms with Gasteiger partial charge in [-0.2, -0.15) is 0 Å². The molecule has 1 atom stereocenters. The molecule has 2 rings (SSSR count). The average Bonchev–Trinajstić information content (AvgIpc) is 3.08. The zero-order valence-electron chi connectivity index (χ0n) is 11.6. The Kier molecular flexibility index (Phi) is 5.55. The van der Waals surface area contributed by atoms with Gasteiger partial charge in [-0.15, -0.1) is 22.7 Å². The van der Waals surface area contributed by atoms with E-state index in [-0.39, 0.29) is 12.0 Å². The van der Waals surface area contributed by atoms with Gasteiger partial charge in [-0.3, -0.25) is 4.79 Å². The minimum Gasteiger partial charge on any atom is -0.466 e. The highest BCUT2D eigenvalue weighted by Gasteiger charge is 2.10. The summed E-state index contributed by atoms with van der Waals surface area (Å²) in [6.45, 7) is 4.36. The summed E-state index contributed by atoms with van der Waals surface area (Å²) in [4.78, 5) is 17.1. The molecule has 0 fully saturated rings. The van der Waals surface area contributed by atoms with Crippen molar-refractivity contribution in [3.8, 4) is 0 Å². The molecule has 0 aromatic carbocycles. The zero-order valence-corrected chi connectivity index (χ0v) is 13.2. The Balaban J connectivity index is 1.84. The molecule has 20 heavy (non-hydrogen) atoms. The highest BCUT2D eigenvalue weighted by molar-refractivity contribution is 7.13. The first-order valence-electron chi connectivity index (χ1n) is 6.59. The molecule has 6 heteroatoms. The number of hydrogen-bond acceptors (Lipinski definition) is 6. The molecule has 0 aliphatic rings. The normalized spacial score (nSPS) is 12.1. The van der Waals surface area contributed by atoms with Gasteiger partial charge in [0.15, 0.2) is 5.13 Å². The molecule has 0 saturated heterocycles. The van der Waals surface area contributed by atoms with E-state index in [4.69, 9.17) is 4.74 Å². The maximum absolute atomic E-state index is 11.3. The molecule has 0 aliphatic carbocycles. The summed E-state index contributed by atoms with van der Waals surface area (Å²) in [5, 5.41) is 8.33. The Labute approximate surface area is 126 Å². The van der Waals surface area contributed by atoms with Crippen LogP contribution in [0.2, 0.25) is 0 Å². The van der Waals surface area contributed by atoms with Crippen molar-refractivity contribution in [3.63, 3.8) is 0 Å². The van der Waals surface area contributed by atoms with Crippen molar-refractivity contribution in [2.45, 2.75) is 32.7 Å². The number of nitrogens with one attached hydrogen (secondary N) is 1. The standard InChI is InChI=1S/C14H18N2O2S2/c1-3-18-13(17)7-6-11-9-20-14(16-11)15-10(2)12-5-4-8-19-12/h4-5,8-10H,3,6-7H2,1-2H3,(H,15,16). The molecule has 2 heterocycles. The molecule has 0 spiro atoms. The van der Waals surface area contributed by atoms with Gasteiger partial charge < -0.3 is 10.1 Å². The van der Waals surface area contributed by atoms with Crippen molar-refractivity contribution < 1.29 is 9.53 Å². The van der Waals surface area contributed by atoms with Crippen molar-refractivity contribution in [3.05, 3.63) is 33.5 Å². The van der Waals surface area contributed by atoms with Crippen molar-refractivity contribution >= 4 is 33.8 Å². The fourth-order valence-corrected chi connectivity index (χ4v) is 3.31. The third-order valence-corrected chi connectivity index (χ3v) is 4.63. The lowest BCUT2D eigenvalue weighted by Gasteiger charge is -2.10. The molecule has 2 aromatic heterocycles. The van der Waals surface area contributed by atoms with Gasteiger partial charge in [0, 0.05) is 16.7 Å². The highest BCUT2D eigenvalue weighted by atomic mass is 32.1. The number of anilines is 1. The first-order chi connectivity index (χ1) is 9.69. The van der Waals surface area contributed by atoms with E-state index in [1.807, 2.05) is 18.4 Å². The van der Waals surface area contributed by atoms with Gasteiger partial charge in [-0.25, -0.2) is 4.98 Å². The van der Waals surface area contributed by atoms with Crippen molar-refractivity contribution in [2.75, 3.05) is 11.9 Å². The van der Waals surface area contributed by atoms with E-state index in [0.29, 0.717) is 19.4 Å². The van der Waals surface area contributed by atoms with Gasteiger partial charge >= 0.3 is 5.97 Å². The summed E-state index contributed by atoms with van der Waals surface area (Å²) in [5.74, 6) is -0.165. The zero-order chi connectivity index (χ0) is 14.4. The molecule has 108 valence electrons. The van der Waals surface area contributed by atoms with E-state index in [0.717, 1.165) is 10.8 Å². The van der Waals surface area contributed by atoms with Gasteiger partial charge in [-0.1, -0.05) is 6.07 Å². The smallest absolute Gasteiger partial charge is 0.306 e. The Bertz CT molecular complexity index is 537. The monoisotopic (exact) mass is 310 g/mol. The molecular weight excluding hydrogens is 292 g/mol. The molecule has 0 aliphatic heterocycles. The van der Waals surface area contributed by atoms with Gasteiger partial charge in [0.2, 0.25) is 0 Å². The molecule has 0 bridgehead atoms. The maximum atomic E-state index is 11.3. The highest BCUT2D eigenvalue weighted by Crippen LogP contribution is 2.25. The van der Waals surface area contributed by atoms with Crippen LogP contribution in [0.1, 0.15) is 36.9 Å². The third-order valence-electron chi connectivity index (χ3n) is 2.75. The number of aromatic nitrogens is 1. The molecule has 0 amide bonds. The number of thiazole rings is 1. The van der Waals surface area contributed by atoms with Crippen LogP contribution in [-0.4, -0.2) is 17.6 Å². The number of aryl methyl sites for hydroxylation is 1. The second kappa shape index (κ2) is 7.40. The Morgan fingerprint density at radius 2 is 2.35 bits per heavy atom. The first-order valence-corrected chi connectivity index (χ1v) is 8.35. The summed E-state index contributed by atoms with van der Waals surface area (Å²) < 4.78 is 4.91. The summed E-state index contributed by atoms with van der Waals surface area (Å²) in [7, 11) is 0. The van der Waals surface area contributed by atoms with Crippen LogP contribution in [0, 0.1) is 0 Å². The van der Waals surface area contributed by atoms with Crippen molar-refractivity contribution in [1.82, 2.24) is 4.98 Å². The Morgan fingerprint density at radius 3 is 3.05 bits per heavy atom. The van der Waals surface area contributed by atoms with Crippen LogP contribution in [0.3, 0.4) is 0 Å². The number of esters is 1. The summed E-state index contributed by atoms with van der Waals surface area (Å²) in [5.41, 5.74) is 0.934. The molecule has 0 radical (unpaired) electrons. The summed E-state index contributed by atoms with van der Waals surface area (Å²) >= 11 is 3.30. The van der Waals surface area contributed by atoms with Crippen molar-refractivity contribution in [1.29, 1.82) is 0 Å². The van der Waals surface area contributed by atoms with Crippen LogP contribution < -0.4 is 5.32 Å². The summed E-state index contributed by atoms with van der Waals surface area (Å²) in [6.07, 6.45) is 1.02. The number of carbonyl (C=O) groups excluding carboxylic acids is 1. The first kappa shape index (κ1) is 15.0. The minimum atomic E-state index is -0.165. The quantitative estimate of drug-likeness (QED) is 0.789. The SMILES string of the molecule is CCOC(=O)CCc1csc(NC(C)c2cccs2)n1. The molecule has 4 nitrogen and oxygen atoms in total. The number of hydrogen-bond donors (Lipinski definition) is 1. The molecular formula is C14H18N2O2S2. The van der Waals surface area contributed by atoms with Gasteiger partial charge in [0.05, 0.1) is 24.8 Å². The largest absolute Gasteiger partial charge is 0.466 e. The Hall–Kier alpha value is -1.40. The lowest BCUT2D eigenvalue weighted by atomic mass is 10.2. The predicted octanol–water partition coefficient (Wildman–Crippen LogP) is 3.87. The fraction of sp³-hybridized carbons (Fsp3) is 0.429. The van der Waals surface area contributed by atoms with E-state index in [2.05, 4.69) is 28.7 Å². The molecule has 1 N–H and O–H groups in total. The second-order valence-electron chi connectivity index (χ2n) is 4.33. The molecule has 0 saturated carbocycles. The van der Waals surface area contributed by atoms with Crippen LogP contribution in [0.25, 0.3) is 0 Å². The topological polar surface area (TPSA) is 51.2 Å². The summed E-state index contributed by atoms with van der Waals surface area (Å²) in [6, 6.07) is 4.40. The van der Waals surface area contributed by atoms with Crippen LogP contribution in [0.15, 0.2) is 22.9 Å².